The van der Waals surface area contributed by atoms with Crippen molar-refractivity contribution in [1.82, 2.24) is 5.32 Å². The van der Waals surface area contributed by atoms with Gasteiger partial charge in [0.05, 0.1) is 19.1 Å². The van der Waals surface area contributed by atoms with Crippen LogP contribution in [0.5, 0.6) is 11.5 Å². The van der Waals surface area contributed by atoms with Gasteiger partial charge in [0, 0.05) is 17.8 Å². The lowest BCUT2D eigenvalue weighted by Crippen LogP contribution is -2.32. The lowest BCUT2D eigenvalue weighted by molar-refractivity contribution is -0.120. The van der Waals surface area contributed by atoms with Crippen molar-refractivity contribution in [2.45, 2.75) is 33.2 Å². The molecule has 1 aromatic rings. The zero-order chi connectivity index (χ0) is 15.2. The predicted molar refractivity (Wildman–Crippen MR) is 83.0 cm³/mol. The van der Waals surface area contributed by atoms with Crippen molar-refractivity contribution in [2.24, 2.45) is 5.92 Å². The fourth-order valence-electron chi connectivity index (χ4n) is 2.58. The van der Waals surface area contributed by atoms with Gasteiger partial charge in [-0.25, -0.2) is 0 Å². The number of carbonyl (C=O) groups excluding carboxylic acids is 1. The van der Waals surface area contributed by atoms with Crippen LogP contribution in [-0.4, -0.2) is 31.7 Å². The Kier molecular flexibility index (Phi) is 5.44. The Hall–Kier alpha value is -1.75. The van der Waals surface area contributed by atoms with Gasteiger partial charge in [-0.2, -0.15) is 0 Å². The van der Waals surface area contributed by atoms with Gasteiger partial charge in [0.25, 0.3) is 0 Å². The van der Waals surface area contributed by atoms with E-state index in [0.29, 0.717) is 24.7 Å². The van der Waals surface area contributed by atoms with Crippen molar-refractivity contribution in [3.05, 3.63) is 18.2 Å². The Balaban J connectivity index is 2.09. The van der Waals surface area contributed by atoms with Gasteiger partial charge < -0.3 is 20.1 Å². The third-order valence-electron chi connectivity index (χ3n) is 3.67. The van der Waals surface area contributed by atoms with E-state index in [0.717, 1.165) is 18.7 Å². The predicted octanol–water partition coefficient (Wildman–Crippen LogP) is 2.42. The number of ether oxygens (including phenoxy) is 2. The Morgan fingerprint density at radius 3 is 2.62 bits per heavy atom. The van der Waals surface area contributed by atoms with Gasteiger partial charge in [-0.1, -0.05) is 0 Å². The van der Waals surface area contributed by atoms with Crippen LogP contribution >= 0.6 is 0 Å². The molecule has 0 radical (unpaired) electrons. The van der Waals surface area contributed by atoms with Crippen molar-refractivity contribution in [2.75, 3.05) is 25.1 Å². The quantitative estimate of drug-likeness (QED) is 0.845. The summed E-state index contributed by atoms with van der Waals surface area (Å²) >= 11 is 0. The molecule has 0 spiro atoms. The van der Waals surface area contributed by atoms with Crippen LogP contribution in [-0.2, 0) is 4.79 Å². The second-order valence-electron chi connectivity index (χ2n) is 5.15. The number of amides is 1. The van der Waals surface area contributed by atoms with Crippen molar-refractivity contribution in [3.8, 4) is 11.5 Å². The van der Waals surface area contributed by atoms with E-state index in [9.17, 15) is 4.79 Å². The normalized spacial score (nSPS) is 21.1. The van der Waals surface area contributed by atoms with Crippen molar-refractivity contribution >= 4 is 11.6 Å². The van der Waals surface area contributed by atoms with E-state index < -0.39 is 0 Å². The minimum Gasteiger partial charge on any atom is -0.490 e. The molecule has 21 heavy (non-hydrogen) atoms. The molecule has 2 atom stereocenters. The lowest BCUT2D eigenvalue weighted by atomic mass is 10.0. The summed E-state index contributed by atoms with van der Waals surface area (Å²) < 4.78 is 11.1. The summed E-state index contributed by atoms with van der Waals surface area (Å²) in [5.74, 6) is 1.44. The topological polar surface area (TPSA) is 59.6 Å². The lowest BCUT2D eigenvalue weighted by Gasteiger charge is -2.16. The van der Waals surface area contributed by atoms with E-state index in [4.69, 9.17) is 9.47 Å². The van der Waals surface area contributed by atoms with Gasteiger partial charge in [-0.05, 0) is 45.9 Å². The van der Waals surface area contributed by atoms with E-state index in [1.54, 1.807) is 0 Å². The Morgan fingerprint density at radius 2 is 2.00 bits per heavy atom. The number of benzene rings is 1. The zero-order valence-electron chi connectivity index (χ0n) is 12.9. The van der Waals surface area contributed by atoms with Gasteiger partial charge in [-0.3, -0.25) is 4.79 Å². The smallest absolute Gasteiger partial charge is 0.229 e. The SMILES string of the molecule is CCOc1ccc(NC(=O)C2CCNC2C)cc1OCC. The van der Waals surface area contributed by atoms with Crippen LogP contribution in [0.25, 0.3) is 0 Å². The van der Waals surface area contributed by atoms with Crippen LogP contribution in [0.2, 0.25) is 0 Å². The molecule has 2 unspecified atom stereocenters. The van der Waals surface area contributed by atoms with Crippen molar-refractivity contribution < 1.29 is 14.3 Å². The molecule has 0 aliphatic carbocycles. The number of carbonyl (C=O) groups is 1. The highest BCUT2D eigenvalue weighted by atomic mass is 16.5. The first-order chi connectivity index (χ1) is 10.2. The van der Waals surface area contributed by atoms with Crippen LogP contribution in [0.4, 0.5) is 5.69 Å². The maximum Gasteiger partial charge on any atom is 0.229 e. The van der Waals surface area contributed by atoms with Crippen LogP contribution in [0, 0.1) is 5.92 Å². The van der Waals surface area contributed by atoms with Crippen molar-refractivity contribution in [3.63, 3.8) is 0 Å². The molecule has 1 aliphatic rings. The first-order valence-corrected chi connectivity index (χ1v) is 7.59. The number of nitrogens with one attached hydrogen (secondary N) is 2. The number of hydrogen-bond acceptors (Lipinski definition) is 4. The van der Waals surface area contributed by atoms with E-state index in [1.165, 1.54) is 0 Å². The van der Waals surface area contributed by atoms with Gasteiger partial charge in [-0.15, -0.1) is 0 Å². The molecular weight excluding hydrogens is 268 g/mol. The monoisotopic (exact) mass is 292 g/mol. The molecule has 0 saturated carbocycles. The van der Waals surface area contributed by atoms with E-state index in [2.05, 4.69) is 10.6 Å². The highest BCUT2D eigenvalue weighted by Crippen LogP contribution is 2.31. The Morgan fingerprint density at radius 1 is 1.29 bits per heavy atom. The second-order valence-corrected chi connectivity index (χ2v) is 5.15. The summed E-state index contributed by atoms with van der Waals surface area (Å²) in [6, 6.07) is 5.72. The summed E-state index contributed by atoms with van der Waals surface area (Å²) in [6.45, 7) is 7.93. The van der Waals surface area contributed by atoms with Crippen molar-refractivity contribution in [1.29, 1.82) is 0 Å². The average Bonchev–Trinajstić information content (AvgIpc) is 2.88. The fraction of sp³-hybridized carbons (Fsp3) is 0.562. The summed E-state index contributed by atoms with van der Waals surface area (Å²) in [7, 11) is 0. The molecule has 1 amide bonds. The zero-order valence-corrected chi connectivity index (χ0v) is 12.9. The minimum atomic E-state index is 0.0205. The fourth-order valence-corrected chi connectivity index (χ4v) is 2.58. The first kappa shape index (κ1) is 15.6. The van der Waals surface area contributed by atoms with Crippen LogP contribution in [0.3, 0.4) is 0 Å². The van der Waals surface area contributed by atoms with Gasteiger partial charge >= 0.3 is 0 Å². The summed E-state index contributed by atoms with van der Waals surface area (Å²) in [4.78, 5) is 12.3. The number of hydrogen-bond donors (Lipinski definition) is 2. The maximum absolute atomic E-state index is 12.3. The standard InChI is InChI=1S/C16H24N2O3/c1-4-20-14-7-6-12(10-15(14)21-5-2)18-16(19)13-8-9-17-11(13)3/h6-7,10-11,13,17H,4-5,8-9H2,1-3H3,(H,18,19). The molecule has 1 aromatic carbocycles. The molecule has 5 nitrogen and oxygen atoms in total. The van der Waals surface area contributed by atoms with Crippen LogP contribution in [0.1, 0.15) is 27.2 Å². The molecule has 2 N–H and O–H groups in total. The molecule has 1 aliphatic heterocycles. The summed E-state index contributed by atoms with van der Waals surface area (Å²) in [5, 5.41) is 6.26. The average molecular weight is 292 g/mol. The van der Waals surface area contributed by atoms with E-state index >= 15 is 0 Å². The molecule has 1 fully saturated rings. The second kappa shape index (κ2) is 7.31. The number of anilines is 1. The van der Waals surface area contributed by atoms with Gasteiger partial charge in [0.2, 0.25) is 5.91 Å². The van der Waals surface area contributed by atoms with Crippen LogP contribution in [0.15, 0.2) is 18.2 Å². The Bertz CT molecular complexity index is 490. The molecule has 0 bridgehead atoms. The highest BCUT2D eigenvalue weighted by molar-refractivity contribution is 5.93. The molecule has 116 valence electrons. The molecular formula is C16H24N2O3. The van der Waals surface area contributed by atoms with E-state index in [1.807, 2.05) is 39.0 Å². The first-order valence-electron chi connectivity index (χ1n) is 7.59. The highest BCUT2D eigenvalue weighted by Gasteiger charge is 2.29. The molecule has 1 saturated heterocycles. The van der Waals surface area contributed by atoms with Crippen LogP contribution < -0.4 is 20.1 Å². The molecule has 1 heterocycles. The third-order valence-corrected chi connectivity index (χ3v) is 3.67. The third kappa shape index (κ3) is 3.88. The minimum absolute atomic E-state index is 0.0205. The summed E-state index contributed by atoms with van der Waals surface area (Å²) in [5.41, 5.74) is 0.742. The molecule has 5 heteroatoms. The van der Waals surface area contributed by atoms with Gasteiger partial charge in [0.1, 0.15) is 0 Å². The number of rotatable bonds is 6. The van der Waals surface area contributed by atoms with E-state index in [-0.39, 0.29) is 17.9 Å². The molecule has 0 aromatic heterocycles. The Labute approximate surface area is 126 Å². The molecule has 2 rings (SSSR count). The van der Waals surface area contributed by atoms with Gasteiger partial charge in [0.15, 0.2) is 11.5 Å². The maximum atomic E-state index is 12.3. The largest absolute Gasteiger partial charge is 0.490 e. The summed E-state index contributed by atoms with van der Waals surface area (Å²) in [6.07, 6.45) is 0.877.